The summed E-state index contributed by atoms with van der Waals surface area (Å²) in [6, 6.07) is 46.3. The van der Waals surface area contributed by atoms with E-state index >= 15 is 0 Å². The molecule has 0 aliphatic heterocycles. The lowest BCUT2D eigenvalue weighted by atomic mass is 10.1. The van der Waals surface area contributed by atoms with E-state index < -0.39 is 5.69 Å². The summed E-state index contributed by atoms with van der Waals surface area (Å²) < 4.78 is 1.53. The van der Waals surface area contributed by atoms with Gasteiger partial charge in [-0.2, -0.15) is 4.98 Å². The zero-order valence-electron chi connectivity index (χ0n) is 22.9. The Hall–Kier alpha value is -6.08. The molecule has 204 valence electrons. The first-order chi connectivity index (χ1) is 21.2. The summed E-state index contributed by atoms with van der Waals surface area (Å²) >= 11 is 0. The van der Waals surface area contributed by atoms with Gasteiger partial charge in [-0.15, -0.1) is 0 Å². The number of hydrogen-bond acceptors (Lipinski definition) is 6. The van der Waals surface area contributed by atoms with Crippen molar-refractivity contribution in [1.29, 1.82) is 0 Å². The van der Waals surface area contributed by atoms with Crippen molar-refractivity contribution in [2.24, 2.45) is 0 Å². The molecule has 2 heterocycles. The molecule has 0 aliphatic carbocycles. The Morgan fingerprint density at radius 3 is 1.26 bits per heavy atom. The average molecular weight is 557 g/mol. The molecule has 0 atom stereocenters. The van der Waals surface area contributed by atoms with Crippen LogP contribution in [0.4, 0.5) is 0 Å². The van der Waals surface area contributed by atoms with Gasteiger partial charge in [-0.25, -0.2) is 29.3 Å². The van der Waals surface area contributed by atoms with Gasteiger partial charge in [-0.05, 0) is 12.1 Å². The quantitative estimate of drug-likeness (QED) is 0.216. The summed E-state index contributed by atoms with van der Waals surface area (Å²) in [5.74, 6) is 2.47. The first-order valence-electron chi connectivity index (χ1n) is 13.8. The molecule has 0 N–H and O–H groups in total. The van der Waals surface area contributed by atoms with Crippen molar-refractivity contribution in [1.82, 2.24) is 29.5 Å². The van der Waals surface area contributed by atoms with Gasteiger partial charge in [-0.1, -0.05) is 133 Å². The SMILES string of the molecule is O=c1nc(-c2ccccc2)nc(-c2ccccc2)n1-c1cccc(-c2nc(-c3ccccc3)nc(-c3ccccc3)n2)c1. The first kappa shape index (κ1) is 25.9. The third kappa shape index (κ3) is 5.35. The lowest BCUT2D eigenvalue weighted by molar-refractivity contribution is 0.876. The van der Waals surface area contributed by atoms with Crippen LogP contribution < -0.4 is 5.69 Å². The smallest absolute Gasteiger partial charge is 0.245 e. The van der Waals surface area contributed by atoms with Gasteiger partial charge < -0.3 is 0 Å². The molecule has 0 radical (unpaired) electrons. The topological polar surface area (TPSA) is 86.5 Å². The maximum Gasteiger partial charge on any atom is 0.355 e. The molecule has 7 heteroatoms. The maximum absolute atomic E-state index is 13.7. The van der Waals surface area contributed by atoms with E-state index in [0.717, 1.165) is 27.8 Å². The first-order valence-corrected chi connectivity index (χ1v) is 13.8. The molecule has 0 fully saturated rings. The average Bonchev–Trinajstić information content (AvgIpc) is 3.09. The minimum Gasteiger partial charge on any atom is -0.245 e. The van der Waals surface area contributed by atoms with E-state index in [-0.39, 0.29) is 0 Å². The highest BCUT2D eigenvalue weighted by Crippen LogP contribution is 2.27. The van der Waals surface area contributed by atoms with Crippen molar-refractivity contribution in [3.8, 4) is 62.6 Å². The van der Waals surface area contributed by atoms with Crippen molar-refractivity contribution in [2.45, 2.75) is 0 Å². The Morgan fingerprint density at radius 1 is 0.372 bits per heavy atom. The van der Waals surface area contributed by atoms with Crippen LogP contribution in [0.3, 0.4) is 0 Å². The zero-order chi connectivity index (χ0) is 29.0. The molecule has 0 saturated heterocycles. The van der Waals surface area contributed by atoms with Crippen LogP contribution in [0.5, 0.6) is 0 Å². The summed E-state index contributed by atoms with van der Waals surface area (Å²) in [4.78, 5) is 37.4. The van der Waals surface area contributed by atoms with Crippen LogP contribution in [0.2, 0.25) is 0 Å². The van der Waals surface area contributed by atoms with Gasteiger partial charge in [0.05, 0.1) is 5.69 Å². The molecule has 0 aliphatic rings. The molecule has 0 unspecified atom stereocenters. The monoisotopic (exact) mass is 556 g/mol. The molecule has 0 amide bonds. The van der Waals surface area contributed by atoms with Crippen LogP contribution in [0.25, 0.3) is 62.6 Å². The van der Waals surface area contributed by atoms with Crippen LogP contribution in [-0.2, 0) is 0 Å². The van der Waals surface area contributed by atoms with Crippen molar-refractivity contribution in [3.63, 3.8) is 0 Å². The third-order valence-corrected chi connectivity index (χ3v) is 6.94. The van der Waals surface area contributed by atoms with Gasteiger partial charge in [-0.3, -0.25) is 0 Å². The highest BCUT2D eigenvalue weighted by atomic mass is 16.1. The molecule has 0 spiro atoms. The van der Waals surface area contributed by atoms with Crippen molar-refractivity contribution in [2.75, 3.05) is 0 Å². The van der Waals surface area contributed by atoms with Gasteiger partial charge in [0.15, 0.2) is 29.1 Å². The van der Waals surface area contributed by atoms with E-state index in [1.165, 1.54) is 4.57 Å². The lowest BCUT2D eigenvalue weighted by Gasteiger charge is -2.14. The molecule has 7 aromatic rings. The van der Waals surface area contributed by atoms with Gasteiger partial charge in [0.1, 0.15) is 0 Å². The van der Waals surface area contributed by atoms with Crippen molar-refractivity contribution < 1.29 is 0 Å². The minimum absolute atomic E-state index is 0.370. The van der Waals surface area contributed by atoms with Crippen LogP contribution in [0.15, 0.2) is 150 Å². The molecule has 7 rings (SSSR count). The van der Waals surface area contributed by atoms with Crippen LogP contribution >= 0.6 is 0 Å². The van der Waals surface area contributed by atoms with E-state index in [1.54, 1.807) is 0 Å². The molecule has 2 aromatic heterocycles. The molecular weight excluding hydrogens is 532 g/mol. The molecule has 0 saturated carbocycles. The van der Waals surface area contributed by atoms with E-state index in [0.29, 0.717) is 34.8 Å². The maximum atomic E-state index is 13.7. The summed E-state index contributed by atoms with van der Waals surface area (Å²) in [7, 11) is 0. The van der Waals surface area contributed by atoms with Crippen molar-refractivity contribution >= 4 is 0 Å². The highest BCUT2D eigenvalue weighted by Gasteiger charge is 2.17. The minimum atomic E-state index is -0.435. The number of nitrogens with zero attached hydrogens (tertiary/aromatic N) is 6. The largest absolute Gasteiger partial charge is 0.355 e. The molecule has 7 nitrogen and oxygen atoms in total. The molecule has 5 aromatic carbocycles. The Labute approximate surface area is 247 Å². The fraction of sp³-hybridized carbons (Fsp3) is 0. The Bertz CT molecular complexity index is 2020. The van der Waals surface area contributed by atoms with Gasteiger partial charge >= 0.3 is 5.69 Å². The second-order valence-electron chi connectivity index (χ2n) is 9.81. The van der Waals surface area contributed by atoms with E-state index in [9.17, 15) is 4.79 Å². The van der Waals surface area contributed by atoms with Crippen molar-refractivity contribution in [3.05, 3.63) is 156 Å². The standard InChI is InChI=1S/C36H24N6O/c43-36-41-33(27-18-9-3-10-19-27)40-35(28-20-11-4-12-21-28)42(36)30-23-13-22-29(24-30)34-38-31(25-14-5-1-6-15-25)37-32(39-34)26-16-7-2-8-17-26/h1-24H. The fourth-order valence-electron chi connectivity index (χ4n) is 4.86. The van der Waals surface area contributed by atoms with Gasteiger partial charge in [0.25, 0.3) is 0 Å². The fourth-order valence-corrected chi connectivity index (χ4v) is 4.86. The number of rotatable bonds is 6. The summed E-state index contributed by atoms with van der Waals surface area (Å²) in [5, 5.41) is 0. The summed E-state index contributed by atoms with van der Waals surface area (Å²) in [6.07, 6.45) is 0. The zero-order valence-corrected chi connectivity index (χ0v) is 22.9. The highest BCUT2D eigenvalue weighted by molar-refractivity contribution is 5.69. The van der Waals surface area contributed by atoms with Crippen LogP contribution in [-0.4, -0.2) is 29.5 Å². The van der Waals surface area contributed by atoms with E-state index in [2.05, 4.69) is 4.98 Å². The molecule has 43 heavy (non-hydrogen) atoms. The predicted molar refractivity (Wildman–Crippen MR) is 168 cm³/mol. The van der Waals surface area contributed by atoms with Gasteiger partial charge in [0.2, 0.25) is 0 Å². The van der Waals surface area contributed by atoms with Gasteiger partial charge in [0, 0.05) is 27.8 Å². The molecule has 0 bridgehead atoms. The Kier molecular flexibility index (Phi) is 6.87. The summed E-state index contributed by atoms with van der Waals surface area (Å²) in [6.45, 7) is 0. The number of aromatic nitrogens is 6. The Balaban J connectivity index is 1.40. The molecular formula is C36H24N6O. The normalized spacial score (nSPS) is 10.9. The second-order valence-corrected chi connectivity index (χ2v) is 9.81. The summed E-state index contributed by atoms with van der Waals surface area (Å²) in [5.41, 5.74) is 4.22. The Morgan fingerprint density at radius 2 is 0.767 bits per heavy atom. The van der Waals surface area contributed by atoms with Crippen LogP contribution in [0, 0.1) is 0 Å². The lowest BCUT2D eigenvalue weighted by Crippen LogP contribution is -2.25. The second kappa shape index (κ2) is 11.4. The van der Waals surface area contributed by atoms with E-state index in [1.807, 2.05) is 146 Å². The van der Waals surface area contributed by atoms with E-state index in [4.69, 9.17) is 19.9 Å². The predicted octanol–water partition coefficient (Wildman–Crippen LogP) is 7.15. The third-order valence-electron chi connectivity index (χ3n) is 6.94. The van der Waals surface area contributed by atoms with Crippen LogP contribution in [0.1, 0.15) is 0 Å². The number of hydrogen-bond donors (Lipinski definition) is 0. The number of benzene rings is 5.